The molecular weight excluding hydrogens is 1820 g/mol. The molecule has 12 rings (SSSR count). The molecule has 0 fully saturated rings. The second-order valence-electron chi connectivity index (χ2n) is 21.6. The van der Waals surface area contributed by atoms with Crippen molar-refractivity contribution >= 4 is 0 Å². The Morgan fingerprint density at radius 1 is 0.197 bits per heavy atom. The molecule has 0 saturated heterocycles. The number of rotatable bonds is 6. The molecule has 0 N–H and O–H groups in total. The van der Waals surface area contributed by atoms with Gasteiger partial charge >= 0.3 is 0 Å². The Balaban J connectivity index is 0.000000209. The van der Waals surface area contributed by atoms with Crippen molar-refractivity contribution in [2.24, 2.45) is 35.5 Å². The third kappa shape index (κ3) is 10.5. The molecule has 0 atom stereocenters. The van der Waals surface area contributed by atoms with Crippen LogP contribution in [0.3, 0.4) is 0 Å². The molecular formula is C60H66W6-6. The van der Waals surface area contributed by atoms with Crippen molar-refractivity contribution < 1.29 is 126 Å². The van der Waals surface area contributed by atoms with Crippen molar-refractivity contribution in [1.82, 2.24) is 0 Å². The molecule has 12 aliphatic rings. The van der Waals surface area contributed by atoms with E-state index in [9.17, 15) is 0 Å². The molecule has 0 aromatic rings. The first-order valence-electron chi connectivity index (χ1n) is 23.9. The van der Waals surface area contributed by atoms with Gasteiger partial charge in [-0.1, -0.05) is 139 Å². The van der Waals surface area contributed by atoms with Gasteiger partial charge < -0.3 is 0 Å². The smallest absolute Gasteiger partial charge is 0 e. The van der Waals surface area contributed by atoms with E-state index in [0.29, 0.717) is 35.5 Å². The number of fused-ring (bicyclic) bond motifs is 6. The largest absolute Gasteiger partial charge is 0.270 e. The quantitative estimate of drug-likeness (QED) is 0.233. The zero-order chi connectivity index (χ0) is 42.0. The molecule has 0 bridgehead atoms. The van der Waals surface area contributed by atoms with E-state index < -0.39 is 0 Å². The van der Waals surface area contributed by atoms with E-state index in [1.807, 2.05) is 0 Å². The second kappa shape index (κ2) is 23.0. The van der Waals surface area contributed by atoms with Gasteiger partial charge in [0.25, 0.3) is 0 Å². The Morgan fingerprint density at radius 2 is 0.348 bits per heavy atom. The summed E-state index contributed by atoms with van der Waals surface area (Å²) in [5.74, 6) is 3.86. The average Bonchev–Trinajstić information content (AvgIpc) is 4.00. The van der Waals surface area contributed by atoms with Crippen molar-refractivity contribution in [3.63, 3.8) is 0 Å². The van der Waals surface area contributed by atoms with Crippen molar-refractivity contribution in [1.29, 1.82) is 0 Å². The first-order chi connectivity index (χ1) is 28.6. The van der Waals surface area contributed by atoms with Crippen LogP contribution in [0.25, 0.3) is 0 Å². The fraction of sp³-hybridized carbons (Fsp3) is 0.500. The number of allylic oxidation sites excluding steroid dienone is 30. The third-order valence-electron chi connectivity index (χ3n) is 15.8. The fourth-order valence-corrected chi connectivity index (χ4v) is 11.8. The molecule has 0 heterocycles. The monoisotopic (exact) mass is 1890 g/mol. The van der Waals surface area contributed by atoms with E-state index in [2.05, 4.69) is 120 Å². The molecule has 66 heavy (non-hydrogen) atoms. The topological polar surface area (TPSA) is 0 Å². The van der Waals surface area contributed by atoms with Gasteiger partial charge in [0, 0.05) is 126 Å². The van der Waals surface area contributed by atoms with Gasteiger partial charge in [-0.15, -0.1) is 35.1 Å². The maximum absolute atomic E-state index is 3.73. The first kappa shape index (κ1) is 58.8. The van der Waals surface area contributed by atoms with E-state index in [0.717, 1.165) is 57.8 Å². The minimum absolute atomic E-state index is 0. The Hall–Kier alpha value is 0.230. The minimum Gasteiger partial charge on any atom is -0.270 e. The fourth-order valence-electron chi connectivity index (χ4n) is 11.8. The molecule has 0 radical (unpaired) electrons. The molecule has 0 aromatic carbocycles. The molecule has 12 aliphatic carbocycles. The first-order valence-corrected chi connectivity index (χ1v) is 23.9. The van der Waals surface area contributed by atoms with Gasteiger partial charge in [-0.3, -0.25) is 11.1 Å². The van der Waals surface area contributed by atoms with Crippen LogP contribution in [0.2, 0.25) is 0 Å². The van der Waals surface area contributed by atoms with Gasteiger partial charge in [0.1, 0.15) is 0 Å². The Labute approximate surface area is 486 Å². The molecule has 0 aromatic heterocycles. The van der Waals surface area contributed by atoms with Crippen molar-refractivity contribution in [2.45, 2.75) is 160 Å². The molecule has 0 nitrogen and oxygen atoms in total. The van der Waals surface area contributed by atoms with Gasteiger partial charge in [0.2, 0.25) is 0 Å². The molecule has 0 aliphatic heterocycles. The molecule has 0 saturated carbocycles. The summed E-state index contributed by atoms with van der Waals surface area (Å²) in [5, 5.41) is 0. The summed E-state index contributed by atoms with van der Waals surface area (Å²) >= 11 is 0. The van der Waals surface area contributed by atoms with Crippen LogP contribution in [-0.4, -0.2) is 0 Å². The predicted molar refractivity (Wildman–Crippen MR) is 248 cm³/mol. The van der Waals surface area contributed by atoms with Crippen molar-refractivity contribution in [2.75, 3.05) is 0 Å². The summed E-state index contributed by atoms with van der Waals surface area (Å²) < 4.78 is 0. The van der Waals surface area contributed by atoms with E-state index in [1.54, 1.807) is 66.9 Å². The molecule has 0 spiro atoms. The molecule has 348 valence electrons. The standard InChI is InChI=1S/C23H24.C20H22.C17H20.6W/c1-12(2)14-5-16-9-20-21-10-17-6-15(13(3)4)8-19(17)23(21)11-22(20)18(16)7-14;1-11(2)13-5-15-9-20-18-8-14(12(3)4)6-16(18)10-19(20)17(15)7-13;1-10(2)12-5-14-7-15-6-13(11(3)4)9-17(15)16(14)8-12;;;;;;/h12-13H,7-11H2,1-4H3;11-12H,7-10H2,1-4H3;10-11H,7-9H2,1-4H3;;;;;;/q3*-2;;;;;;. The maximum atomic E-state index is 3.73. The van der Waals surface area contributed by atoms with Crippen LogP contribution in [0, 0.1) is 72.0 Å². The summed E-state index contributed by atoms with van der Waals surface area (Å²) in [4.78, 5) is 0. The van der Waals surface area contributed by atoms with E-state index in [4.69, 9.17) is 0 Å². The number of hydrogen-bond donors (Lipinski definition) is 0. The van der Waals surface area contributed by atoms with Gasteiger partial charge in [0.15, 0.2) is 0 Å². The molecule has 0 amide bonds. The molecule has 6 heteroatoms. The summed E-state index contributed by atoms with van der Waals surface area (Å²) in [6.07, 6.45) is 36.0. The number of hydrogen-bond acceptors (Lipinski definition) is 0. The normalized spacial score (nSPS) is 21.9. The van der Waals surface area contributed by atoms with Crippen LogP contribution < -0.4 is 0 Å². The van der Waals surface area contributed by atoms with Crippen molar-refractivity contribution in [3.05, 3.63) is 170 Å². The average molecular weight is 1890 g/mol. The van der Waals surface area contributed by atoms with Gasteiger partial charge in [-0.05, 0) is 54.8 Å². The van der Waals surface area contributed by atoms with E-state index in [-0.39, 0.29) is 126 Å². The predicted octanol–water partition coefficient (Wildman–Crippen LogP) is 15.8. The van der Waals surface area contributed by atoms with Crippen LogP contribution >= 0.6 is 0 Å². The summed E-state index contributed by atoms with van der Waals surface area (Å²) in [6.45, 7) is 27.5. The summed E-state index contributed by atoms with van der Waals surface area (Å²) in [6, 6.07) is 0. The maximum Gasteiger partial charge on any atom is 0 e. The summed E-state index contributed by atoms with van der Waals surface area (Å²) in [7, 11) is 0. The third-order valence-corrected chi connectivity index (χ3v) is 15.8. The van der Waals surface area contributed by atoms with Gasteiger partial charge in [-0.2, -0.15) is 55.7 Å². The van der Waals surface area contributed by atoms with Crippen LogP contribution in [0.4, 0.5) is 0 Å². The zero-order valence-corrected chi connectivity index (χ0v) is 59.0. The van der Waals surface area contributed by atoms with Crippen molar-refractivity contribution in [3.8, 4) is 0 Å². The van der Waals surface area contributed by atoms with E-state index >= 15 is 0 Å². The van der Waals surface area contributed by atoms with E-state index in [1.165, 1.54) is 86.1 Å². The van der Waals surface area contributed by atoms with Crippen LogP contribution in [0.1, 0.15) is 160 Å². The van der Waals surface area contributed by atoms with Crippen LogP contribution in [0.15, 0.2) is 134 Å². The zero-order valence-electron chi connectivity index (χ0n) is 41.4. The van der Waals surface area contributed by atoms with Crippen LogP contribution in [0.5, 0.6) is 0 Å². The minimum atomic E-state index is 0. The second-order valence-corrected chi connectivity index (χ2v) is 21.6. The van der Waals surface area contributed by atoms with Gasteiger partial charge in [0.05, 0.1) is 0 Å². The van der Waals surface area contributed by atoms with Gasteiger partial charge in [-0.25, -0.2) is 69.9 Å². The summed E-state index contributed by atoms with van der Waals surface area (Å²) in [5.41, 5.74) is 37.7. The SMILES string of the molecule is CC(C)C1=[C-]C2=C(C1)C1=C(C2)C2=C(C1)C1=C([C-]=C(C(C)C)C1)C2.CC(C)C1=[C-]C2=C(C1)C1=C(C2)C2=C([C-]=C(C(C)C)C2)C1.CC(C)C1=[C-]C2=C(C1)C1=C([C-]=C(C(C)C)C1)C2.[W].[W].[W].[W].[W].[W]. The Morgan fingerprint density at radius 3 is 0.545 bits per heavy atom. The Bertz CT molecular complexity index is 2380. The Kier molecular flexibility index (Phi) is 20.5. The molecule has 0 unspecified atom stereocenters. The van der Waals surface area contributed by atoms with Crippen LogP contribution in [-0.2, 0) is 126 Å².